The molecule has 4 rings (SSSR count). The van der Waals surface area contributed by atoms with Gasteiger partial charge in [0.1, 0.15) is 0 Å². The summed E-state index contributed by atoms with van der Waals surface area (Å²) in [5, 5.41) is 11.6. The molecule has 0 atom stereocenters. The quantitative estimate of drug-likeness (QED) is 0.475. The van der Waals surface area contributed by atoms with E-state index < -0.39 is 0 Å². The second kappa shape index (κ2) is 11.4. The number of carbonyl (C=O) groups excluding carboxylic acids is 2. The molecule has 0 spiro atoms. The molecule has 7 nitrogen and oxygen atoms in total. The molecular weight excluding hydrogens is 438 g/mol. The number of Topliss-reactive ketones (excluding diaryl/α,β-unsaturated/α-hetero) is 1. The summed E-state index contributed by atoms with van der Waals surface area (Å²) in [6.07, 6.45) is 2.80. The van der Waals surface area contributed by atoms with Crippen LogP contribution >= 0.6 is 0 Å². The minimum absolute atomic E-state index is 0.0966. The molecule has 0 aliphatic carbocycles. The molecule has 0 unspecified atom stereocenters. The number of benzene rings is 2. The molecule has 35 heavy (non-hydrogen) atoms. The van der Waals surface area contributed by atoms with Crippen molar-refractivity contribution in [1.29, 1.82) is 0 Å². The van der Waals surface area contributed by atoms with Crippen LogP contribution in [-0.4, -0.2) is 51.2 Å². The fraction of sp³-hybridized carbons (Fsp3) is 0.429. The van der Waals surface area contributed by atoms with Crippen LogP contribution in [0.2, 0.25) is 0 Å². The molecule has 1 aliphatic rings. The Morgan fingerprint density at radius 2 is 1.74 bits per heavy atom. The molecular formula is C28H35N5O2. The zero-order valence-corrected chi connectivity index (χ0v) is 21.0. The number of carbonyl (C=O) groups is 2. The number of aromatic nitrogens is 3. The van der Waals surface area contributed by atoms with Crippen molar-refractivity contribution in [3.05, 3.63) is 82.2 Å². The number of ketones is 1. The van der Waals surface area contributed by atoms with Gasteiger partial charge in [-0.05, 0) is 68.8 Å². The molecule has 184 valence electrons. The van der Waals surface area contributed by atoms with Gasteiger partial charge in [-0.3, -0.25) is 14.5 Å². The van der Waals surface area contributed by atoms with Gasteiger partial charge in [0.05, 0.1) is 12.2 Å². The molecule has 1 amide bonds. The smallest absolute Gasteiger partial charge is 0.273 e. The van der Waals surface area contributed by atoms with Crippen LogP contribution < -0.4 is 5.32 Å². The minimum Gasteiger partial charge on any atom is -0.350 e. The van der Waals surface area contributed by atoms with Gasteiger partial charge in [0.25, 0.3) is 5.91 Å². The van der Waals surface area contributed by atoms with Gasteiger partial charge < -0.3 is 5.32 Å². The Morgan fingerprint density at radius 3 is 2.40 bits per heavy atom. The van der Waals surface area contributed by atoms with Crippen molar-refractivity contribution in [3.63, 3.8) is 0 Å². The molecule has 1 N–H and O–H groups in total. The van der Waals surface area contributed by atoms with E-state index >= 15 is 0 Å². The van der Waals surface area contributed by atoms with Crippen LogP contribution in [0.3, 0.4) is 0 Å². The van der Waals surface area contributed by atoms with Crippen molar-refractivity contribution in [1.82, 2.24) is 25.2 Å². The number of amides is 1. The first-order valence-corrected chi connectivity index (χ1v) is 12.5. The normalized spacial score (nSPS) is 14.7. The van der Waals surface area contributed by atoms with Crippen molar-refractivity contribution in [2.75, 3.05) is 19.6 Å². The Labute approximate surface area is 207 Å². The number of hydrogen-bond donors (Lipinski definition) is 1. The third-order valence-electron chi connectivity index (χ3n) is 6.99. The molecule has 2 heterocycles. The summed E-state index contributed by atoms with van der Waals surface area (Å²) < 4.78 is 1.85. The highest BCUT2D eigenvalue weighted by molar-refractivity contribution is 5.94. The SMILES string of the molecule is CCc1c(C(=O)NCC2CCN(Cc3ccc(C(C)=O)cc3)CC2)nnn1Cc1ccccc1C. The summed E-state index contributed by atoms with van der Waals surface area (Å²) in [5.41, 5.74) is 5.67. The van der Waals surface area contributed by atoms with Crippen LogP contribution in [0.15, 0.2) is 48.5 Å². The van der Waals surface area contributed by atoms with Gasteiger partial charge in [0, 0.05) is 18.7 Å². The molecule has 1 fully saturated rings. The monoisotopic (exact) mass is 473 g/mol. The summed E-state index contributed by atoms with van der Waals surface area (Å²) in [4.78, 5) is 26.8. The van der Waals surface area contributed by atoms with Gasteiger partial charge in [0.2, 0.25) is 0 Å². The Balaban J connectivity index is 1.27. The van der Waals surface area contributed by atoms with Gasteiger partial charge in [-0.2, -0.15) is 0 Å². The average molecular weight is 474 g/mol. The fourth-order valence-electron chi connectivity index (χ4n) is 4.71. The summed E-state index contributed by atoms with van der Waals surface area (Å²) in [5.74, 6) is 0.424. The molecule has 0 bridgehead atoms. The Bertz CT molecular complexity index is 1160. The van der Waals surface area contributed by atoms with Gasteiger partial charge >= 0.3 is 0 Å². The molecule has 7 heteroatoms. The second-order valence-electron chi connectivity index (χ2n) is 9.51. The summed E-state index contributed by atoms with van der Waals surface area (Å²) >= 11 is 0. The molecule has 0 saturated carbocycles. The number of likely N-dealkylation sites (tertiary alicyclic amines) is 1. The first kappa shape index (κ1) is 24.8. The van der Waals surface area contributed by atoms with Crippen LogP contribution in [0.25, 0.3) is 0 Å². The maximum Gasteiger partial charge on any atom is 0.273 e. The lowest BCUT2D eigenvalue weighted by Crippen LogP contribution is -2.38. The Hall–Kier alpha value is -3.32. The third kappa shape index (κ3) is 6.22. The number of piperidine rings is 1. The van der Waals surface area contributed by atoms with Crippen molar-refractivity contribution in [3.8, 4) is 0 Å². The zero-order valence-electron chi connectivity index (χ0n) is 21.0. The first-order chi connectivity index (χ1) is 16.9. The number of nitrogens with one attached hydrogen (secondary N) is 1. The largest absolute Gasteiger partial charge is 0.350 e. The second-order valence-corrected chi connectivity index (χ2v) is 9.51. The van der Waals surface area contributed by atoms with E-state index in [2.05, 4.69) is 39.6 Å². The molecule has 2 aromatic carbocycles. The fourth-order valence-corrected chi connectivity index (χ4v) is 4.71. The zero-order chi connectivity index (χ0) is 24.8. The highest BCUT2D eigenvalue weighted by Crippen LogP contribution is 2.19. The Kier molecular flexibility index (Phi) is 8.08. The van der Waals surface area contributed by atoms with Crippen molar-refractivity contribution < 1.29 is 9.59 Å². The van der Waals surface area contributed by atoms with E-state index in [4.69, 9.17) is 0 Å². The summed E-state index contributed by atoms with van der Waals surface area (Å²) in [7, 11) is 0. The standard InChI is InChI=1S/C28H35N5O2/c1-4-26-27(30-31-33(26)19-25-8-6-5-7-20(25)2)28(35)29-17-22-13-15-32(16-14-22)18-23-9-11-24(12-10-23)21(3)34/h5-12,22H,4,13-19H2,1-3H3,(H,29,35). The number of nitrogens with zero attached hydrogens (tertiary/aromatic N) is 4. The van der Waals surface area contributed by atoms with Gasteiger partial charge in [-0.25, -0.2) is 4.68 Å². The molecule has 0 radical (unpaired) electrons. The number of aryl methyl sites for hydroxylation is 1. The van der Waals surface area contributed by atoms with Crippen LogP contribution in [0, 0.1) is 12.8 Å². The van der Waals surface area contributed by atoms with Gasteiger partial charge in [0.15, 0.2) is 11.5 Å². The molecule has 3 aromatic rings. The predicted octanol–water partition coefficient (Wildman–Crippen LogP) is 4.04. The molecule has 1 aromatic heterocycles. The van der Waals surface area contributed by atoms with E-state index in [1.807, 2.05) is 48.0 Å². The van der Waals surface area contributed by atoms with Crippen LogP contribution in [0.1, 0.15) is 69.9 Å². The Morgan fingerprint density at radius 1 is 1.03 bits per heavy atom. The minimum atomic E-state index is -0.133. The van der Waals surface area contributed by atoms with Crippen molar-refractivity contribution >= 4 is 11.7 Å². The highest BCUT2D eigenvalue weighted by atomic mass is 16.2. The lowest BCUT2D eigenvalue weighted by Gasteiger charge is -2.32. The van der Waals surface area contributed by atoms with Crippen LogP contribution in [0.4, 0.5) is 0 Å². The van der Waals surface area contributed by atoms with Crippen molar-refractivity contribution in [2.45, 2.75) is 53.1 Å². The highest BCUT2D eigenvalue weighted by Gasteiger charge is 2.23. The predicted molar refractivity (Wildman–Crippen MR) is 136 cm³/mol. The van der Waals surface area contributed by atoms with Gasteiger partial charge in [-0.15, -0.1) is 5.10 Å². The molecule has 1 saturated heterocycles. The summed E-state index contributed by atoms with van der Waals surface area (Å²) in [6.45, 7) is 9.88. The third-order valence-corrected chi connectivity index (χ3v) is 6.99. The van der Waals surface area contributed by atoms with Crippen molar-refractivity contribution in [2.24, 2.45) is 5.92 Å². The van der Waals surface area contributed by atoms with Crippen LogP contribution in [0.5, 0.6) is 0 Å². The lowest BCUT2D eigenvalue weighted by atomic mass is 9.96. The lowest BCUT2D eigenvalue weighted by molar-refractivity contribution is 0.0928. The summed E-state index contributed by atoms with van der Waals surface area (Å²) in [6, 6.07) is 16.1. The van der Waals surface area contributed by atoms with Gasteiger partial charge in [-0.1, -0.05) is 60.7 Å². The van der Waals surface area contributed by atoms with E-state index in [0.29, 0.717) is 31.1 Å². The van der Waals surface area contributed by atoms with E-state index in [0.717, 1.165) is 43.7 Å². The topological polar surface area (TPSA) is 80.1 Å². The van der Waals surface area contributed by atoms with E-state index in [1.54, 1.807) is 6.92 Å². The molecule has 1 aliphatic heterocycles. The van der Waals surface area contributed by atoms with E-state index in [1.165, 1.54) is 16.7 Å². The average Bonchev–Trinajstić information content (AvgIpc) is 3.28. The maximum absolute atomic E-state index is 12.9. The maximum atomic E-state index is 12.9. The van der Waals surface area contributed by atoms with E-state index in [9.17, 15) is 9.59 Å². The van der Waals surface area contributed by atoms with E-state index in [-0.39, 0.29) is 11.7 Å². The van der Waals surface area contributed by atoms with Crippen LogP contribution in [-0.2, 0) is 19.5 Å². The number of hydrogen-bond acceptors (Lipinski definition) is 5. The number of rotatable bonds is 9. The first-order valence-electron chi connectivity index (χ1n) is 12.5.